The maximum absolute atomic E-state index is 12.1. The topological polar surface area (TPSA) is 80.9 Å². The van der Waals surface area contributed by atoms with Crippen LogP contribution in [0.25, 0.3) is 11.6 Å². The van der Waals surface area contributed by atoms with Crippen molar-refractivity contribution in [3.63, 3.8) is 0 Å². The predicted molar refractivity (Wildman–Crippen MR) is 87.7 cm³/mol. The van der Waals surface area contributed by atoms with Crippen molar-refractivity contribution in [3.8, 4) is 11.6 Å². The third kappa shape index (κ3) is 3.81. The number of nitrogens with one attached hydrogen (secondary N) is 1. The molecule has 0 atom stereocenters. The lowest BCUT2D eigenvalue weighted by atomic mass is 10.2. The number of nitrogens with zero attached hydrogens (tertiary/aromatic N) is 3. The molecule has 1 amide bonds. The fourth-order valence-corrected chi connectivity index (χ4v) is 2.44. The Labute approximate surface area is 141 Å². The minimum atomic E-state index is -0.151. The minimum absolute atomic E-state index is 0.151. The van der Waals surface area contributed by atoms with E-state index in [1.54, 1.807) is 18.3 Å². The number of pyridine rings is 1. The Bertz CT molecular complexity index is 805. The molecule has 0 saturated heterocycles. The van der Waals surface area contributed by atoms with E-state index < -0.39 is 0 Å². The minimum Gasteiger partial charge on any atom is -0.419 e. The number of hydrogen-bond acceptors (Lipinski definition) is 5. The van der Waals surface area contributed by atoms with Gasteiger partial charge in [0.1, 0.15) is 5.69 Å². The molecule has 0 unspecified atom stereocenters. The Balaban J connectivity index is 1.56. The molecule has 0 aliphatic carbocycles. The lowest BCUT2D eigenvalue weighted by molar-refractivity contribution is 0.0953. The summed E-state index contributed by atoms with van der Waals surface area (Å²) in [6.07, 6.45) is 2.12. The molecule has 0 bridgehead atoms. The first-order chi connectivity index (χ1) is 11.2. The van der Waals surface area contributed by atoms with Gasteiger partial charge >= 0.3 is 0 Å². The zero-order chi connectivity index (χ0) is 16.1. The average Bonchev–Trinajstić information content (AvgIpc) is 3.05. The van der Waals surface area contributed by atoms with Gasteiger partial charge in [-0.2, -0.15) is 0 Å². The van der Waals surface area contributed by atoms with Crippen LogP contribution in [0.15, 0.2) is 57.6 Å². The zero-order valence-corrected chi connectivity index (χ0v) is 13.7. The summed E-state index contributed by atoms with van der Waals surface area (Å²) in [6, 6.07) is 12.7. The van der Waals surface area contributed by atoms with Crippen LogP contribution in [0, 0.1) is 0 Å². The molecule has 1 aromatic carbocycles. The molecule has 23 heavy (non-hydrogen) atoms. The lowest BCUT2D eigenvalue weighted by Crippen LogP contribution is -2.26. The summed E-state index contributed by atoms with van der Waals surface area (Å²) in [5.74, 6) is 0.678. The summed E-state index contributed by atoms with van der Waals surface area (Å²) in [5, 5.41) is 10.7. The highest BCUT2D eigenvalue weighted by Gasteiger charge is 2.11. The molecule has 7 heteroatoms. The first-order valence-electron chi connectivity index (χ1n) is 7.00. The largest absolute Gasteiger partial charge is 0.419 e. The number of benzene rings is 1. The van der Waals surface area contributed by atoms with Gasteiger partial charge in [0.05, 0.1) is 5.56 Å². The second kappa shape index (κ2) is 7.15. The SMILES string of the molecule is O=C(NCCc1nnc(-c2ccccn2)o1)c1ccccc1Br. The fraction of sp³-hybridized carbons (Fsp3) is 0.125. The Kier molecular flexibility index (Phi) is 4.77. The van der Waals surface area contributed by atoms with Crippen LogP contribution in [0.1, 0.15) is 16.2 Å². The van der Waals surface area contributed by atoms with Crippen LogP contribution in [-0.2, 0) is 6.42 Å². The monoisotopic (exact) mass is 372 g/mol. The van der Waals surface area contributed by atoms with Crippen molar-refractivity contribution in [2.24, 2.45) is 0 Å². The highest BCUT2D eigenvalue weighted by molar-refractivity contribution is 9.10. The van der Waals surface area contributed by atoms with Crippen LogP contribution in [-0.4, -0.2) is 27.6 Å². The number of rotatable bonds is 5. The van der Waals surface area contributed by atoms with Crippen LogP contribution in [0.2, 0.25) is 0 Å². The summed E-state index contributed by atoms with van der Waals surface area (Å²) >= 11 is 3.35. The maximum atomic E-state index is 12.1. The lowest BCUT2D eigenvalue weighted by Gasteiger charge is -2.05. The molecular weight excluding hydrogens is 360 g/mol. The number of carbonyl (C=O) groups excluding carboxylic acids is 1. The fourth-order valence-electron chi connectivity index (χ4n) is 1.97. The van der Waals surface area contributed by atoms with Gasteiger partial charge in [-0.15, -0.1) is 10.2 Å². The van der Waals surface area contributed by atoms with Gasteiger partial charge in [0.15, 0.2) is 0 Å². The van der Waals surface area contributed by atoms with Crippen molar-refractivity contribution in [2.45, 2.75) is 6.42 Å². The molecule has 0 radical (unpaired) electrons. The molecule has 2 aromatic heterocycles. The van der Waals surface area contributed by atoms with E-state index in [1.807, 2.05) is 30.3 Å². The molecule has 2 heterocycles. The van der Waals surface area contributed by atoms with Gasteiger partial charge in [0.25, 0.3) is 11.8 Å². The van der Waals surface area contributed by atoms with E-state index in [-0.39, 0.29) is 5.91 Å². The number of aromatic nitrogens is 3. The third-order valence-corrected chi connectivity index (χ3v) is 3.79. The van der Waals surface area contributed by atoms with Crippen molar-refractivity contribution in [2.75, 3.05) is 6.54 Å². The Morgan fingerprint density at radius 2 is 1.96 bits per heavy atom. The number of carbonyl (C=O) groups is 1. The molecule has 1 N–H and O–H groups in total. The molecule has 3 rings (SSSR count). The van der Waals surface area contributed by atoms with E-state index in [0.717, 1.165) is 4.47 Å². The standard InChI is InChI=1S/C16H13BrN4O2/c17-12-6-2-1-5-11(12)15(22)19-10-8-14-20-21-16(23-14)13-7-3-4-9-18-13/h1-7,9H,8,10H2,(H,19,22). The molecule has 116 valence electrons. The van der Waals surface area contributed by atoms with Gasteiger partial charge in [0.2, 0.25) is 5.89 Å². The van der Waals surface area contributed by atoms with Crippen LogP contribution in [0.5, 0.6) is 0 Å². The smallest absolute Gasteiger partial charge is 0.266 e. The first kappa shape index (κ1) is 15.4. The van der Waals surface area contributed by atoms with E-state index in [4.69, 9.17) is 4.42 Å². The summed E-state index contributed by atoms with van der Waals surface area (Å²) in [6.45, 7) is 0.407. The summed E-state index contributed by atoms with van der Waals surface area (Å²) < 4.78 is 6.29. The molecule has 3 aromatic rings. The molecule has 0 aliphatic rings. The van der Waals surface area contributed by atoms with Crippen molar-refractivity contribution in [1.29, 1.82) is 0 Å². The normalized spacial score (nSPS) is 10.5. The van der Waals surface area contributed by atoms with Gasteiger partial charge < -0.3 is 9.73 Å². The summed E-state index contributed by atoms with van der Waals surface area (Å²) in [7, 11) is 0. The average molecular weight is 373 g/mol. The molecule has 0 aliphatic heterocycles. The van der Waals surface area contributed by atoms with Crippen LogP contribution in [0.4, 0.5) is 0 Å². The predicted octanol–water partition coefficient (Wildman–Crippen LogP) is 2.87. The second-order valence-corrected chi connectivity index (χ2v) is 5.56. The van der Waals surface area contributed by atoms with Gasteiger partial charge in [-0.3, -0.25) is 9.78 Å². The Morgan fingerprint density at radius 3 is 2.74 bits per heavy atom. The quantitative estimate of drug-likeness (QED) is 0.744. The van der Waals surface area contributed by atoms with Crippen LogP contribution in [0.3, 0.4) is 0 Å². The van der Waals surface area contributed by atoms with Crippen molar-refractivity contribution >= 4 is 21.8 Å². The number of amides is 1. The van der Waals surface area contributed by atoms with Gasteiger partial charge in [-0.1, -0.05) is 18.2 Å². The van der Waals surface area contributed by atoms with E-state index >= 15 is 0 Å². The van der Waals surface area contributed by atoms with Gasteiger partial charge in [0, 0.05) is 23.6 Å². The van der Waals surface area contributed by atoms with Crippen LogP contribution < -0.4 is 5.32 Å². The number of halogens is 1. The van der Waals surface area contributed by atoms with Crippen LogP contribution >= 0.6 is 15.9 Å². The van der Waals surface area contributed by atoms with E-state index in [9.17, 15) is 4.79 Å². The Morgan fingerprint density at radius 1 is 1.13 bits per heavy atom. The molecule has 0 saturated carbocycles. The molecule has 6 nitrogen and oxygen atoms in total. The second-order valence-electron chi connectivity index (χ2n) is 4.70. The van der Waals surface area contributed by atoms with Crippen molar-refractivity contribution in [3.05, 3.63) is 64.6 Å². The molecule has 0 spiro atoms. The van der Waals surface area contributed by atoms with E-state index in [0.29, 0.717) is 36.0 Å². The van der Waals surface area contributed by atoms with Crippen molar-refractivity contribution in [1.82, 2.24) is 20.5 Å². The van der Waals surface area contributed by atoms with Crippen molar-refractivity contribution < 1.29 is 9.21 Å². The molecular formula is C16H13BrN4O2. The summed E-state index contributed by atoms with van der Waals surface area (Å²) in [4.78, 5) is 16.2. The highest BCUT2D eigenvalue weighted by atomic mass is 79.9. The Hall–Kier alpha value is -2.54. The van der Waals surface area contributed by atoms with E-state index in [2.05, 4.69) is 36.4 Å². The highest BCUT2D eigenvalue weighted by Crippen LogP contribution is 2.16. The molecule has 0 fully saturated rings. The summed E-state index contributed by atoms with van der Waals surface area (Å²) in [5.41, 5.74) is 1.22. The first-order valence-corrected chi connectivity index (χ1v) is 7.80. The third-order valence-electron chi connectivity index (χ3n) is 3.09. The zero-order valence-electron chi connectivity index (χ0n) is 12.1. The number of hydrogen-bond donors (Lipinski definition) is 1. The maximum Gasteiger partial charge on any atom is 0.266 e. The van der Waals surface area contributed by atoms with Gasteiger partial charge in [-0.25, -0.2) is 0 Å². The van der Waals surface area contributed by atoms with Gasteiger partial charge in [-0.05, 0) is 40.2 Å². The van der Waals surface area contributed by atoms with E-state index in [1.165, 1.54) is 0 Å².